The van der Waals surface area contributed by atoms with Gasteiger partial charge in [0.1, 0.15) is 5.75 Å². The molecule has 8 nitrogen and oxygen atoms in total. The lowest BCUT2D eigenvalue weighted by atomic mass is 10.1. The van der Waals surface area contributed by atoms with Crippen molar-refractivity contribution in [1.29, 1.82) is 0 Å². The molecule has 4 aromatic rings. The fourth-order valence-electron chi connectivity index (χ4n) is 4.02. The van der Waals surface area contributed by atoms with E-state index in [1.807, 2.05) is 67.8 Å². The molecule has 1 heterocycles. The average molecular weight is 558 g/mol. The van der Waals surface area contributed by atoms with E-state index in [0.29, 0.717) is 23.2 Å². The Balaban J connectivity index is 1.45. The van der Waals surface area contributed by atoms with Crippen LogP contribution in [0, 0.1) is 20.8 Å². The quantitative estimate of drug-likeness (QED) is 0.163. The molecule has 0 fully saturated rings. The van der Waals surface area contributed by atoms with E-state index in [4.69, 9.17) is 4.74 Å². The largest absolute Gasteiger partial charge is 0.494 e. The number of carbonyl (C=O) groups is 2. The van der Waals surface area contributed by atoms with Gasteiger partial charge in [0.15, 0.2) is 11.0 Å². The van der Waals surface area contributed by atoms with Crippen LogP contribution in [0.1, 0.15) is 52.6 Å². The second kappa shape index (κ2) is 13.8. The number of unbranched alkanes of at least 4 members (excludes halogenated alkanes) is 1. The zero-order chi connectivity index (χ0) is 28.5. The van der Waals surface area contributed by atoms with Gasteiger partial charge in [-0.2, -0.15) is 0 Å². The summed E-state index contributed by atoms with van der Waals surface area (Å²) in [6.07, 6.45) is 2.05. The lowest BCUT2D eigenvalue weighted by Gasteiger charge is -2.12. The van der Waals surface area contributed by atoms with Gasteiger partial charge in [-0.05, 0) is 86.3 Å². The number of carbonyl (C=O) groups excluding carboxylic acids is 2. The second-order valence-corrected chi connectivity index (χ2v) is 10.6. The Bertz CT molecular complexity index is 1470. The molecule has 0 aliphatic rings. The van der Waals surface area contributed by atoms with E-state index in [1.165, 1.54) is 11.8 Å². The highest BCUT2D eigenvalue weighted by atomic mass is 32.2. The molecule has 208 valence electrons. The Morgan fingerprint density at radius 2 is 1.73 bits per heavy atom. The van der Waals surface area contributed by atoms with Gasteiger partial charge in [0, 0.05) is 16.9 Å². The highest BCUT2D eigenvalue weighted by molar-refractivity contribution is 7.99. The average Bonchev–Trinajstić information content (AvgIpc) is 3.36. The maximum absolute atomic E-state index is 12.9. The summed E-state index contributed by atoms with van der Waals surface area (Å²) in [7, 11) is 0. The molecule has 0 atom stereocenters. The van der Waals surface area contributed by atoms with Crippen LogP contribution in [0.25, 0.3) is 5.69 Å². The van der Waals surface area contributed by atoms with Crippen molar-refractivity contribution >= 4 is 29.3 Å². The van der Waals surface area contributed by atoms with Gasteiger partial charge >= 0.3 is 0 Å². The number of nitrogens with one attached hydrogen (secondary N) is 2. The summed E-state index contributed by atoms with van der Waals surface area (Å²) in [6, 6.07) is 21.0. The molecule has 2 N–H and O–H groups in total. The van der Waals surface area contributed by atoms with Crippen molar-refractivity contribution in [3.8, 4) is 11.4 Å². The van der Waals surface area contributed by atoms with E-state index in [9.17, 15) is 9.59 Å². The molecule has 0 aliphatic heterocycles. The minimum absolute atomic E-state index is 0.130. The van der Waals surface area contributed by atoms with Crippen molar-refractivity contribution in [2.24, 2.45) is 0 Å². The van der Waals surface area contributed by atoms with Crippen molar-refractivity contribution < 1.29 is 14.3 Å². The molecule has 9 heteroatoms. The number of nitrogens with zero attached hydrogens (tertiary/aromatic N) is 3. The number of aromatic nitrogens is 3. The fourth-order valence-corrected chi connectivity index (χ4v) is 4.79. The Hall–Kier alpha value is -4.11. The van der Waals surface area contributed by atoms with Crippen molar-refractivity contribution in [1.82, 2.24) is 20.1 Å². The highest BCUT2D eigenvalue weighted by Gasteiger charge is 2.18. The van der Waals surface area contributed by atoms with Gasteiger partial charge < -0.3 is 15.4 Å². The monoisotopic (exact) mass is 557 g/mol. The predicted octanol–water partition coefficient (Wildman–Crippen LogP) is 6.03. The minimum Gasteiger partial charge on any atom is -0.494 e. The van der Waals surface area contributed by atoms with Crippen LogP contribution in [-0.2, 0) is 11.3 Å². The molecular formula is C31H35N5O3S. The van der Waals surface area contributed by atoms with Crippen LogP contribution in [0.2, 0.25) is 0 Å². The topological polar surface area (TPSA) is 98.1 Å². The number of hydrogen-bond acceptors (Lipinski definition) is 6. The van der Waals surface area contributed by atoms with Crippen LogP contribution in [0.5, 0.6) is 5.75 Å². The molecule has 4 rings (SSSR count). The van der Waals surface area contributed by atoms with Gasteiger partial charge in [-0.3, -0.25) is 14.2 Å². The molecular weight excluding hydrogens is 522 g/mol. The van der Waals surface area contributed by atoms with Gasteiger partial charge in [-0.1, -0.05) is 49.4 Å². The first kappa shape index (κ1) is 28.9. The summed E-state index contributed by atoms with van der Waals surface area (Å²) in [5.41, 5.74) is 5.35. The number of thioether (sulfide) groups is 1. The first-order valence-corrected chi connectivity index (χ1v) is 14.3. The van der Waals surface area contributed by atoms with E-state index in [2.05, 4.69) is 27.8 Å². The van der Waals surface area contributed by atoms with Crippen LogP contribution >= 0.6 is 11.8 Å². The molecule has 3 aromatic carbocycles. The van der Waals surface area contributed by atoms with E-state index >= 15 is 0 Å². The SMILES string of the molecule is CCCCOc1ccc(C(=O)NCc2nnc(SCC(=O)Nc3cc(C)ccc3C)n2-c2cccc(C)c2)cc1. The van der Waals surface area contributed by atoms with Crippen LogP contribution in [0.3, 0.4) is 0 Å². The Morgan fingerprint density at radius 1 is 0.950 bits per heavy atom. The molecule has 0 radical (unpaired) electrons. The minimum atomic E-state index is -0.221. The Labute approximate surface area is 239 Å². The molecule has 0 unspecified atom stereocenters. The summed E-state index contributed by atoms with van der Waals surface area (Å²) in [5, 5.41) is 15.2. The molecule has 1 aromatic heterocycles. The third-order valence-corrected chi connectivity index (χ3v) is 7.18. The standard InChI is InChI=1S/C31H35N5O3S/c1-5-6-16-39-26-14-12-24(13-15-26)30(38)32-19-28-34-35-31(36(28)25-9-7-8-21(2)17-25)40-20-29(37)33-27-18-22(3)10-11-23(27)4/h7-15,17-18H,5-6,16,19-20H2,1-4H3,(H,32,38)(H,33,37). The predicted molar refractivity (Wildman–Crippen MR) is 159 cm³/mol. The molecule has 0 saturated carbocycles. The van der Waals surface area contributed by atoms with Crippen LogP contribution in [0.4, 0.5) is 5.69 Å². The van der Waals surface area contributed by atoms with Gasteiger partial charge in [-0.15, -0.1) is 10.2 Å². The van der Waals surface area contributed by atoms with Crippen molar-refractivity contribution in [3.63, 3.8) is 0 Å². The summed E-state index contributed by atoms with van der Waals surface area (Å²) < 4.78 is 7.57. The zero-order valence-electron chi connectivity index (χ0n) is 23.4. The highest BCUT2D eigenvalue weighted by Crippen LogP contribution is 2.24. The van der Waals surface area contributed by atoms with E-state index in [-0.39, 0.29) is 24.1 Å². The molecule has 40 heavy (non-hydrogen) atoms. The molecule has 2 amide bonds. The van der Waals surface area contributed by atoms with Crippen LogP contribution < -0.4 is 15.4 Å². The van der Waals surface area contributed by atoms with Gasteiger partial charge in [0.05, 0.1) is 18.9 Å². The number of amides is 2. The summed E-state index contributed by atoms with van der Waals surface area (Å²) in [4.78, 5) is 25.6. The number of ether oxygens (including phenoxy) is 1. The third-order valence-electron chi connectivity index (χ3n) is 6.25. The van der Waals surface area contributed by atoms with E-state index < -0.39 is 0 Å². The number of rotatable bonds is 12. The first-order chi connectivity index (χ1) is 19.3. The van der Waals surface area contributed by atoms with Crippen LogP contribution in [0.15, 0.2) is 71.9 Å². The van der Waals surface area contributed by atoms with Gasteiger partial charge in [-0.25, -0.2) is 0 Å². The summed E-state index contributed by atoms with van der Waals surface area (Å²) in [5.74, 6) is 1.12. The number of aryl methyl sites for hydroxylation is 3. The third kappa shape index (κ3) is 7.72. The fraction of sp³-hybridized carbons (Fsp3) is 0.290. The molecule has 0 saturated heterocycles. The van der Waals surface area contributed by atoms with Crippen LogP contribution in [-0.4, -0.2) is 38.9 Å². The molecule has 0 aliphatic carbocycles. The lowest BCUT2D eigenvalue weighted by Crippen LogP contribution is -2.24. The Morgan fingerprint density at radius 3 is 2.48 bits per heavy atom. The van der Waals surface area contributed by atoms with E-state index in [0.717, 1.165) is 46.7 Å². The van der Waals surface area contributed by atoms with Crippen molar-refractivity contribution in [3.05, 3.63) is 94.8 Å². The Kier molecular flexibility index (Phi) is 9.96. The van der Waals surface area contributed by atoms with E-state index in [1.54, 1.807) is 24.3 Å². The molecule has 0 bridgehead atoms. The first-order valence-electron chi connectivity index (χ1n) is 13.4. The zero-order valence-corrected chi connectivity index (χ0v) is 24.2. The summed E-state index contributed by atoms with van der Waals surface area (Å²) in [6.45, 7) is 8.91. The van der Waals surface area contributed by atoms with Gasteiger partial charge in [0.2, 0.25) is 5.91 Å². The number of benzene rings is 3. The smallest absolute Gasteiger partial charge is 0.251 e. The van der Waals surface area contributed by atoms with Crippen molar-refractivity contribution in [2.45, 2.75) is 52.2 Å². The maximum atomic E-state index is 12.9. The van der Waals surface area contributed by atoms with Crippen molar-refractivity contribution in [2.75, 3.05) is 17.7 Å². The second-order valence-electron chi connectivity index (χ2n) is 9.64. The molecule has 0 spiro atoms. The maximum Gasteiger partial charge on any atom is 0.251 e. The lowest BCUT2D eigenvalue weighted by molar-refractivity contribution is -0.113. The normalized spacial score (nSPS) is 10.8. The number of anilines is 1. The number of hydrogen-bond donors (Lipinski definition) is 2. The summed E-state index contributed by atoms with van der Waals surface area (Å²) >= 11 is 1.30. The van der Waals surface area contributed by atoms with Gasteiger partial charge in [0.25, 0.3) is 5.91 Å².